The Balaban J connectivity index is 0.000000671. The average Bonchev–Trinajstić information content (AvgIpc) is 2.23. The monoisotopic (exact) mass is 194 g/mol. The molecule has 2 N–H and O–H groups in total. The number of thioether (sulfide) groups is 1. The molecule has 70 valence electrons. The summed E-state index contributed by atoms with van der Waals surface area (Å²) in [5.74, 6) is 0. The van der Waals surface area contributed by atoms with Crippen LogP contribution in [0.1, 0.15) is 19.4 Å². The zero-order chi connectivity index (χ0) is 10.1. The van der Waals surface area contributed by atoms with Crippen LogP contribution in [0.5, 0.6) is 0 Å². The molecule has 0 unspecified atom stereocenters. The molecule has 3 heteroatoms. The number of nitriles is 1. The molecular formula is C10H14N2S. The lowest BCUT2D eigenvalue weighted by Gasteiger charge is -1.95. The minimum Gasteiger partial charge on any atom is -0.326 e. The predicted molar refractivity (Wildman–Crippen MR) is 57.2 cm³/mol. The van der Waals surface area contributed by atoms with Crippen LogP contribution >= 0.6 is 11.8 Å². The van der Waals surface area contributed by atoms with E-state index in [1.165, 1.54) is 0 Å². The van der Waals surface area contributed by atoms with Crippen LogP contribution in [0, 0.1) is 10.7 Å². The predicted octanol–water partition coefficient (Wildman–Crippen LogP) is 2.74. The number of thiocyanates is 1. The zero-order valence-electron chi connectivity index (χ0n) is 7.95. The van der Waals surface area contributed by atoms with Crippen molar-refractivity contribution in [2.45, 2.75) is 25.3 Å². The third-order valence-electron chi connectivity index (χ3n) is 1.32. The maximum absolute atomic E-state index is 8.33. The van der Waals surface area contributed by atoms with Gasteiger partial charge in [0, 0.05) is 11.4 Å². The van der Waals surface area contributed by atoms with E-state index in [1.54, 1.807) is 0 Å². The Morgan fingerprint density at radius 2 is 1.85 bits per heavy atom. The highest BCUT2D eigenvalue weighted by Crippen LogP contribution is 2.16. The molecule has 1 aromatic rings. The summed E-state index contributed by atoms with van der Waals surface area (Å²) in [6.45, 7) is 4.55. The van der Waals surface area contributed by atoms with E-state index in [4.69, 9.17) is 11.0 Å². The largest absolute Gasteiger partial charge is 0.326 e. The van der Waals surface area contributed by atoms with Gasteiger partial charge in [0.05, 0.1) is 0 Å². The lowest BCUT2D eigenvalue weighted by atomic mass is 10.2. The van der Waals surface area contributed by atoms with Gasteiger partial charge >= 0.3 is 0 Å². The van der Waals surface area contributed by atoms with E-state index in [9.17, 15) is 0 Å². The van der Waals surface area contributed by atoms with E-state index in [2.05, 4.69) is 0 Å². The first-order chi connectivity index (χ1) is 6.36. The fraction of sp³-hybridized carbons (Fsp3) is 0.300. The summed E-state index contributed by atoms with van der Waals surface area (Å²) in [7, 11) is 0. The molecule has 0 atom stereocenters. The summed E-state index contributed by atoms with van der Waals surface area (Å²) in [6.07, 6.45) is 0. The van der Waals surface area contributed by atoms with Gasteiger partial charge in [0.2, 0.25) is 0 Å². The van der Waals surface area contributed by atoms with Gasteiger partial charge in [-0.25, -0.2) is 0 Å². The summed E-state index contributed by atoms with van der Waals surface area (Å²) < 4.78 is 0. The zero-order valence-corrected chi connectivity index (χ0v) is 8.77. The summed E-state index contributed by atoms with van der Waals surface area (Å²) in [5.41, 5.74) is 6.49. The minimum atomic E-state index is 0.553. The molecule has 0 aliphatic rings. The van der Waals surface area contributed by atoms with Crippen LogP contribution in [0.25, 0.3) is 0 Å². The molecule has 0 fully saturated rings. The van der Waals surface area contributed by atoms with Gasteiger partial charge in [-0.05, 0) is 29.5 Å². The lowest BCUT2D eigenvalue weighted by Crippen LogP contribution is -1.94. The molecule has 0 bridgehead atoms. The fourth-order valence-electron chi connectivity index (χ4n) is 0.746. The molecule has 0 saturated carbocycles. The highest BCUT2D eigenvalue weighted by molar-refractivity contribution is 8.03. The molecular weight excluding hydrogens is 180 g/mol. The number of hydrogen-bond acceptors (Lipinski definition) is 3. The molecule has 0 aromatic heterocycles. The Bertz CT molecular complexity index is 261. The van der Waals surface area contributed by atoms with Crippen LogP contribution in [0.15, 0.2) is 29.2 Å². The second kappa shape index (κ2) is 7.66. The summed E-state index contributed by atoms with van der Waals surface area (Å²) >= 11 is 1.16. The van der Waals surface area contributed by atoms with E-state index in [0.717, 1.165) is 22.2 Å². The van der Waals surface area contributed by atoms with Crippen LogP contribution in [-0.2, 0) is 6.54 Å². The van der Waals surface area contributed by atoms with Crippen LogP contribution in [0.2, 0.25) is 0 Å². The Morgan fingerprint density at radius 1 is 1.31 bits per heavy atom. The fourth-order valence-corrected chi connectivity index (χ4v) is 1.12. The maximum atomic E-state index is 8.33. The van der Waals surface area contributed by atoms with Crippen molar-refractivity contribution in [3.05, 3.63) is 29.8 Å². The van der Waals surface area contributed by atoms with E-state index < -0.39 is 0 Å². The minimum absolute atomic E-state index is 0.553. The highest BCUT2D eigenvalue weighted by Gasteiger charge is 1.91. The van der Waals surface area contributed by atoms with Gasteiger partial charge in [0.1, 0.15) is 5.40 Å². The first kappa shape index (κ1) is 12.0. The van der Waals surface area contributed by atoms with Crippen molar-refractivity contribution >= 4 is 11.8 Å². The molecule has 0 amide bonds. The van der Waals surface area contributed by atoms with Crippen LogP contribution in [0.4, 0.5) is 0 Å². The molecule has 1 aromatic carbocycles. The summed E-state index contributed by atoms with van der Waals surface area (Å²) in [6, 6.07) is 7.66. The first-order valence-corrected chi connectivity index (χ1v) is 5.03. The smallest absolute Gasteiger partial charge is 0.138 e. The Kier molecular flexibility index (Phi) is 7.08. The molecule has 0 aliphatic heterocycles. The SMILES string of the molecule is CC.N#CSc1ccc(CN)cc1. The number of hydrogen-bond donors (Lipinski definition) is 1. The molecule has 2 nitrogen and oxygen atoms in total. The van der Waals surface area contributed by atoms with Crippen molar-refractivity contribution in [3.8, 4) is 5.40 Å². The van der Waals surface area contributed by atoms with Crippen molar-refractivity contribution in [2.24, 2.45) is 5.73 Å². The molecule has 0 radical (unpaired) electrons. The Morgan fingerprint density at radius 3 is 2.23 bits per heavy atom. The number of benzene rings is 1. The quantitative estimate of drug-likeness (QED) is 0.581. The van der Waals surface area contributed by atoms with Gasteiger partial charge in [-0.15, -0.1) is 0 Å². The van der Waals surface area contributed by atoms with Gasteiger partial charge in [-0.1, -0.05) is 26.0 Å². The van der Waals surface area contributed by atoms with E-state index in [-0.39, 0.29) is 0 Å². The molecule has 0 aliphatic carbocycles. The van der Waals surface area contributed by atoms with E-state index in [0.29, 0.717) is 6.54 Å². The normalized spacial score (nSPS) is 8.15. The van der Waals surface area contributed by atoms with Gasteiger partial charge in [-0.3, -0.25) is 0 Å². The third kappa shape index (κ3) is 4.56. The summed E-state index contributed by atoms with van der Waals surface area (Å²) in [5, 5.41) is 10.3. The highest BCUT2D eigenvalue weighted by atomic mass is 32.2. The topological polar surface area (TPSA) is 49.8 Å². The van der Waals surface area contributed by atoms with Gasteiger partial charge in [0.25, 0.3) is 0 Å². The summed E-state index contributed by atoms with van der Waals surface area (Å²) in [4.78, 5) is 0.963. The molecule has 1 rings (SSSR count). The molecule has 0 spiro atoms. The third-order valence-corrected chi connectivity index (χ3v) is 1.92. The number of nitrogens with two attached hydrogens (primary N) is 1. The van der Waals surface area contributed by atoms with Gasteiger partial charge in [-0.2, -0.15) is 5.26 Å². The molecule has 0 saturated heterocycles. The van der Waals surface area contributed by atoms with Gasteiger partial charge in [0.15, 0.2) is 0 Å². The molecule has 13 heavy (non-hydrogen) atoms. The number of nitrogens with zero attached hydrogens (tertiary/aromatic N) is 1. The van der Waals surface area contributed by atoms with E-state index >= 15 is 0 Å². The number of rotatable bonds is 2. The maximum Gasteiger partial charge on any atom is 0.138 e. The van der Waals surface area contributed by atoms with Crippen molar-refractivity contribution in [1.29, 1.82) is 5.26 Å². The van der Waals surface area contributed by atoms with Crippen molar-refractivity contribution in [1.82, 2.24) is 0 Å². The van der Waals surface area contributed by atoms with E-state index in [1.807, 2.05) is 43.5 Å². The van der Waals surface area contributed by atoms with Gasteiger partial charge < -0.3 is 5.73 Å². The standard InChI is InChI=1S/C8H8N2S.C2H6/c9-5-7-1-3-8(4-2-7)11-6-10;1-2/h1-4H,5,9H2;1-2H3. The molecule has 0 heterocycles. The second-order valence-electron chi connectivity index (χ2n) is 2.04. The average molecular weight is 194 g/mol. The van der Waals surface area contributed by atoms with Crippen LogP contribution in [-0.4, -0.2) is 0 Å². The Labute approximate surface area is 83.8 Å². The van der Waals surface area contributed by atoms with Crippen molar-refractivity contribution in [2.75, 3.05) is 0 Å². The van der Waals surface area contributed by atoms with Crippen molar-refractivity contribution in [3.63, 3.8) is 0 Å². The lowest BCUT2D eigenvalue weighted by molar-refractivity contribution is 1.07. The Hall–Kier alpha value is -0.980. The van der Waals surface area contributed by atoms with Crippen molar-refractivity contribution < 1.29 is 0 Å². The second-order valence-corrected chi connectivity index (χ2v) is 2.90. The van der Waals surface area contributed by atoms with Crippen LogP contribution < -0.4 is 5.73 Å². The van der Waals surface area contributed by atoms with Crippen LogP contribution in [0.3, 0.4) is 0 Å². The first-order valence-electron chi connectivity index (χ1n) is 4.22.